The van der Waals surface area contributed by atoms with Gasteiger partial charge in [0.05, 0.1) is 21.7 Å². The highest BCUT2D eigenvalue weighted by Gasteiger charge is 2.28. The van der Waals surface area contributed by atoms with Gasteiger partial charge in [-0.3, -0.25) is 0 Å². The topological polar surface area (TPSA) is 72.6 Å². The van der Waals surface area contributed by atoms with E-state index in [1.54, 1.807) is 0 Å². The number of halogens is 1. The molecule has 0 radical (unpaired) electrons. The van der Waals surface area contributed by atoms with Crippen molar-refractivity contribution >= 4 is 27.3 Å². The summed E-state index contributed by atoms with van der Waals surface area (Å²) in [6, 6.07) is 4.38. The first-order chi connectivity index (χ1) is 9.45. The predicted molar refractivity (Wildman–Crippen MR) is 79.3 cm³/mol. The molecule has 112 valence electrons. The van der Waals surface area contributed by atoms with Gasteiger partial charge in [0.1, 0.15) is 0 Å². The molecule has 0 bridgehead atoms. The number of anilines is 1. The Kier molecular flexibility index (Phi) is 4.90. The summed E-state index contributed by atoms with van der Waals surface area (Å²) >= 11 is 5.91. The van der Waals surface area contributed by atoms with Crippen molar-refractivity contribution in [2.45, 2.75) is 30.8 Å². The maximum absolute atomic E-state index is 12.6. The zero-order chi connectivity index (χ0) is 14.8. The Labute approximate surface area is 124 Å². The van der Waals surface area contributed by atoms with Crippen LogP contribution in [0.3, 0.4) is 0 Å². The highest BCUT2D eigenvalue weighted by atomic mass is 35.5. The number of nitrogen functional groups attached to an aromatic ring is 1. The van der Waals surface area contributed by atoms with E-state index in [0.717, 1.165) is 12.8 Å². The third-order valence-electron chi connectivity index (χ3n) is 3.39. The van der Waals surface area contributed by atoms with Crippen LogP contribution in [0.2, 0.25) is 5.02 Å². The molecule has 2 N–H and O–H groups in total. The van der Waals surface area contributed by atoms with Crippen LogP contribution in [0.15, 0.2) is 23.1 Å². The van der Waals surface area contributed by atoms with Crippen LogP contribution in [-0.2, 0) is 14.8 Å². The van der Waals surface area contributed by atoms with Gasteiger partial charge >= 0.3 is 0 Å². The number of ether oxygens (including phenoxy) is 1. The molecular weight excluding hydrogens is 300 g/mol. The van der Waals surface area contributed by atoms with E-state index in [4.69, 9.17) is 22.1 Å². The minimum atomic E-state index is -3.56. The Morgan fingerprint density at radius 1 is 1.50 bits per heavy atom. The summed E-state index contributed by atoms with van der Waals surface area (Å²) in [6.07, 6.45) is 1.86. The van der Waals surface area contributed by atoms with Crippen LogP contribution in [0.5, 0.6) is 0 Å². The van der Waals surface area contributed by atoms with E-state index in [1.165, 1.54) is 22.5 Å². The van der Waals surface area contributed by atoms with Crippen molar-refractivity contribution in [3.05, 3.63) is 23.2 Å². The Hall–Kier alpha value is -0.820. The van der Waals surface area contributed by atoms with Crippen LogP contribution >= 0.6 is 11.6 Å². The molecule has 1 aliphatic heterocycles. The molecule has 0 aliphatic carbocycles. The monoisotopic (exact) mass is 318 g/mol. The van der Waals surface area contributed by atoms with Crippen LogP contribution in [0.25, 0.3) is 0 Å². The molecule has 0 aromatic heterocycles. The summed E-state index contributed by atoms with van der Waals surface area (Å²) in [5.74, 6) is 0. The lowest BCUT2D eigenvalue weighted by Crippen LogP contribution is -2.37. The molecule has 1 aliphatic rings. The Balaban J connectivity index is 2.23. The smallest absolute Gasteiger partial charge is 0.243 e. The van der Waals surface area contributed by atoms with Crippen molar-refractivity contribution in [2.24, 2.45) is 0 Å². The molecule has 20 heavy (non-hydrogen) atoms. The van der Waals surface area contributed by atoms with Gasteiger partial charge in [-0.05, 0) is 31.0 Å². The number of rotatable bonds is 5. The fraction of sp³-hybridized carbons (Fsp3) is 0.538. The van der Waals surface area contributed by atoms with E-state index < -0.39 is 10.0 Å². The number of nitrogens with two attached hydrogens (primary N) is 1. The number of nitrogens with zero attached hydrogens (tertiary/aromatic N) is 1. The van der Waals surface area contributed by atoms with Gasteiger partial charge in [0.25, 0.3) is 0 Å². The molecule has 1 saturated heterocycles. The molecule has 0 amide bonds. The second-order valence-corrected chi connectivity index (χ2v) is 7.12. The lowest BCUT2D eigenvalue weighted by Gasteiger charge is -2.23. The summed E-state index contributed by atoms with van der Waals surface area (Å²) in [6.45, 7) is 3.28. The second-order valence-electron chi connectivity index (χ2n) is 4.77. The van der Waals surface area contributed by atoms with Gasteiger partial charge in [-0.1, -0.05) is 18.5 Å². The van der Waals surface area contributed by atoms with Crippen molar-refractivity contribution in [3.63, 3.8) is 0 Å². The first-order valence-electron chi connectivity index (χ1n) is 6.62. The average Bonchev–Trinajstić information content (AvgIpc) is 2.91. The highest BCUT2D eigenvalue weighted by Crippen LogP contribution is 2.25. The number of benzene rings is 1. The maximum Gasteiger partial charge on any atom is 0.243 e. The molecular formula is C13H19ClN2O3S. The van der Waals surface area contributed by atoms with Crippen LogP contribution in [0.1, 0.15) is 19.8 Å². The first-order valence-corrected chi connectivity index (χ1v) is 8.43. The summed E-state index contributed by atoms with van der Waals surface area (Å²) in [4.78, 5) is 0.163. The van der Waals surface area contributed by atoms with Crippen molar-refractivity contribution in [1.82, 2.24) is 4.31 Å². The van der Waals surface area contributed by atoms with E-state index in [9.17, 15) is 8.42 Å². The van der Waals surface area contributed by atoms with Crippen LogP contribution in [0.4, 0.5) is 5.69 Å². The fourth-order valence-corrected chi connectivity index (χ4v) is 3.98. The van der Waals surface area contributed by atoms with E-state index in [0.29, 0.717) is 25.4 Å². The molecule has 0 saturated carbocycles. The van der Waals surface area contributed by atoms with Gasteiger partial charge in [0.2, 0.25) is 10.0 Å². The zero-order valence-electron chi connectivity index (χ0n) is 11.4. The quantitative estimate of drug-likeness (QED) is 0.844. The largest absolute Gasteiger partial charge is 0.398 e. The van der Waals surface area contributed by atoms with E-state index in [2.05, 4.69) is 0 Å². The molecule has 0 spiro atoms. The van der Waals surface area contributed by atoms with Gasteiger partial charge in [-0.15, -0.1) is 0 Å². The van der Waals surface area contributed by atoms with Crippen molar-refractivity contribution in [3.8, 4) is 0 Å². The molecule has 5 nitrogen and oxygen atoms in total. The SMILES string of the molecule is CCN(CC1CCCO1)S(=O)(=O)c1ccc(N)c(Cl)c1. The van der Waals surface area contributed by atoms with Gasteiger partial charge in [-0.2, -0.15) is 4.31 Å². The molecule has 1 heterocycles. The lowest BCUT2D eigenvalue weighted by molar-refractivity contribution is 0.0947. The summed E-state index contributed by atoms with van der Waals surface area (Å²) in [5.41, 5.74) is 5.98. The van der Waals surface area contributed by atoms with E-state index in [1.807, 2.05) is 6.92 Å². The predicted octanol–water partition coefficient (Wildman–Crippen LogP) is 2.11. The van der Waals surface area contributed by atoms with Crippen LogP contribution < -0.4 is 5.73 Å². The number of hydrogen-bond donors (Lipinski definition) is 1. The van der Waals surface area contributed by atoms with E-state index in [-0.39, 0.29) is 16.0 Å². The minimum absolute atomic E-state index is 0.0195. The fourth-order valence-electron chi connectivity index (χ4n) is 2.23. The molecule has 7 heteroatoms. The number of sulfonamides is 1. The molecule has 1 unspecified atom stereocenters. The second kappa shape index (κ2) is 6.30. The van der Waals surface area contributed by atoms with Crippen molar-refractivity contribution in [1.29, 1.82) is 0 Å². The van der Waals surface area contributed by atoms with Gasteiger partial charge < -0.3 is 10.5 Å². The molecule has 1 atom stereocenters. The van der Waals surface area contributed by atoms with Gasteiger partial charge in [0, 0.05) is 19.7 Å². The normalized spacial score (nSPS) is 19.6. The lowest BCUT2D eigenvalue weighted by atomic mass is 10.2. The summed E-state index contributed by atoms with van der Waals surface area (Å²) in [7, 11) is -3.56. The van der Waals surface area contributed by atoms with Gasteiger partial charge in [0.15, 0.2) is 0 Å². The van der Waals surface area contributed by atoms with Crippen LogP contribution in [0, 0.1) is 0 Å². The third kappa shape index (κ3) is 3.25. The number of likely N-dealkylation sites (N-methyl/N-ethyl adjacent to an activating group) is 1. The molecule has 2 rings (SSSR count). The zero-order valence-corrected chi connectivity index (χ0v) is 13.0. The Morgan fingerprint density at radius 2 is 2.25 bits per heavy atom. The Morgan fingerprint density at radius 3 is 2.80 bits per heavy atom. The standard InChI is InChI=1S/C13H19ClN2O3S/c1-2-16(9-10-4-3-7-19-10)20(17,18)11-5-6-13(15)12(14)8-11/h5-6,8,10H,2-4,7,9,15H2,1H3. The third-order valence-corrected chi connectivity index (χ3v) is 5.66. The Bertz CT molecular complexity index is 571. The summed E-state index contributed by atoms with van der Waals surface area (Å²) < 4.78 is 32.1. The summed E-state index contributed by atoms with van der Waals surface area (Å²) in [5, 5.41) is 0.249. The number of hydrogen-bond acceptors (Lipinski definition) is 4. The van der Waals surface area contributed by atoms with Crippen molar-refractivity contribution in [2.75, 3.05) is 25.4 Å². The first kappa shape index (κ1) is 15.6. The minimum Gasteiger partial charge on any atom is -0.398 e. The molecule has 1 aromatic carbocycles. The maximum atomic E-state index is 12.6. The molecule has 1 aromatic rings. The average molecular weight is 319 g/mol. The highest BCUT2D eigenvalue weighted by molar-refractivity contribution is 7.89. The van der Waals surface area contributed by atoms with Crippen molar-refractivity contribution < 1.29 is 13.2 Å². The van der Waals surface area contributed by atoms with E-state index >= 15 is 0 Å². The van der Waals surface area contributed by atoms with Gasteiger partial charge in [-0.25, -0.2) is 8.42 Å². The molecule has 1 fully saturated rings. The van der Waals surface area contributed by atoms with Crippen LogP contribution in [-0.4, -0.2) is 38.5 Å².